The minimum atomic E-state index is -4.44. The van der Waals surface area contributed by atoms with Crippen molar-refractivity contribution in [2.75, 3.05) is 13.7 Å². The lowest BCUT2D eigenvalue weighted by Gasteiger charge is -2.36. The van der Waals surface area contributed by atoms with Gasteiger partial charge < -0.3 is 29.7 Å². The quantitative estimate of drug-likeness (QED) is 0.283. The highest BCUT2D eigenvalue weighted by atomic mass is 32.2. The second-order valence-corrected chi connectivity index (χ2v) is 17.7. The van der Waals surface area contributed by atoms with Crippen molar-refractivity contribution in [1.29, 1.82) is 0 Å². The highest BCUT2D eigenvalue weighted by Crippen LogP contribution is 2.47. The Morgan fingerprint density at radius 2 is 1.73 bits per heavy atom. The molecule has 3 N–H and O–H groups in total. The molecule has 0 unspecified atom stereocenters. The molecule has 0 spiro atoms. The van der Waals surface area contributed by atoms with Crippen molar-refractivity contribution in [1.82, 2.24) is 20.3 Å². The normalized spacial score (nSPS) is 24.4. The number of nitrogens with zero attached hydrogens (tertiary/aromatic N) is 1. The summed E-state index contributed by atoms with van der Waals surface area (Å²) >= 11 is 0. The Kier molecular flexibility index (Phi) is 10.6. The Morgan fingerprint density at radius 3 is 2.31 bits per heavy atom. The van der Waals surface area contributed by atoms with Gasteiger partial charge in [-0.1, -0.05) is 46.2 Å². The van der Waals surface area contributed by atoms with Crippen LogP contribution < -0.4 is 24.8 Å². The molecule has 2 aromatic rings. The van der Waals surface area contributed by atoms with Crippen LogP contribution in [-0.4, -0.2) is 85.7 Å². The molecule has 2 saturated carbocycles. The summed E-state index contributed by atoms with van der Waals surface area (Å²) in [5.74, 6) is -1.21. The van der Waals surface area contributed by atoms with Crippen LogP contribution in [0.2, 0.25) is 0 Å². The largest absolute Gasteiger partial charge is 0.497 e. The van der Waals surface area contributed by atoms with Crippen LogP contribution in [0.25, 0.3) is 10.8 Å². The van der Waals surface area contributed by atoms with Crippen LogP contribution in [0.5, 0.6) is 11.5 Å². The van der Waals surface area contributed by atoms with E-state index in [0.29, 0.717) is 30.8 Å². The van der Waals surface area contributed by atoms with Gasteiger partial charge in [0.2, 0.25) is 11.8 Å². The van der Waals surface area contributed by atoms with Crippen LogP contribution in [0.1, 0.15) is 87.5 Å². The van der Waals surface area contributed by atoms with Gasteiger partial charge in [-0.05, 0) is 87.9 Å². The number of nitrogens with one attached hydrogen (secondary N) is 3. The van der Waals surface area contributed by atoms with Gasteiger partial charge in [-0.15, -0.1) is 0 Å². The molecule has 4 amide bonds. The van der Waals surface area contributed by atoms with Gasteiger partial charge in [-0.2, -0.15) is 8.42 Å². The SMILES string of the molecule is CC[C@@H]1C[C@]1(NC(=O)[C@@H]1C[C@@H](Oc2cccc3cc(OC)ccc23)CN1C(=O)[C@@H](NC(=O)OC(C)(C)C)C(C)(C)C)C(=O)NS(=O)(=O)OC1(C)CC1. The molecule has 1 heterocycles. The van der Waals surface area contributed by atoms with Gasteiger partial charge in [0.1, 0.15) is 40.8 Å². The van der Waals surface area contributed by atoms with Gasteiger partial charge in [-0.3, -0.25) is 14.4 Å². The average molecular weight is 745 g/mol. The number of likely N-dealkylation sites (tertiary alicyclic amines) is 1. The first-order chi connectivity index (χ1) is 24.1. The molecule has 15 heteroatoms. The van der Waals surface area contributed by atoms with Crippen molar-refractivity contribution in [2.24, 2.45) is 11.3 Å². The lowest BCUT2D eigenvalue weighted by molar-refractivity contribution is -0.143. The van der Waals surface area contributed by atoms with Crippen molar-refractivity contribution in [3.05, 3.63) is 36.4 Å². The zero-order chi connectivity index (χ0) is 38.4. The molecule has 0 bridgehead atoms. The minimum Gasteiger partial charge on any atom is -0.497 e. The van der Waals surface area contributed by atoms with E-state index in [1.165, 1.54) is 4.90 Å². The molecular weight excluding hydrogens is 692 g/mol. The number of hydrogen-bond donors (Lipinski definition) is 3. The fourth-order valence-corrected chi connectivity index (χ4v) is 7.77. The van der Waals surface area contributed by atoms with E-state index in [-0.39, 0.29) is 25.3 Å². The van der Waals surface area contributed by atoms with Crippen LogP contribution in [0.3, 0.4) is 0 Å². The van der Waals surface area contributed by atoms with Gasteiger partial charge in [0.05, 0.1) is 19.3 Å². The number of carbonyl (C=O) groups excluding carboxylic acids is 4. The van der Waals surface area contributed by atoms with E-state index < -0.39 is 74.5 Å². The summed E-state index contributed by atoms with van der Waals surface area (Å²) in [6, 6.07) is 8.88. The number of hydrogen-bond acceptors (Lipinski definition) is 10. The summed E-state index contributed by atoms with van der Waals surface area (Å²) in [6.45, 7) is 14.0. The smallest absolute Gasteiger partial charge is 0.408 e. The monoisotopic (exact) mass is 744 g/mol. The van der Waals surface area contributed by atoms with Gasteiger partial charge in [0.25, 0.3) is 5.91 Å². The Morgan fingerprint density at radius 1 is 1.04 bits per heavy atom. The predicted octanol–water partition coefficient (Wildman–Crippen LogP) is 4.35. The fourth-order valence-electron chi connectivity index (χ4n) is 6.62. The predicted molar refractivity (Wildman–Crippen MR) is 193 cm³/mol. The third kappa shape index (κ3) is 8.91. The number of ether oxygens (including phenoxy) is 3. The van der Waals surface area contributed by atoms with E-state index in [4.69, 9.17) is 18.4 Å². The first-order valence-electron chi connectivity index (χ1n) is 17.7. The molecule has 2 aromatic carbocycles. The molecule has 0 aromatic heterocycles. The number of alkyl carbamates (subject to hydrolysis) is 1. The number of methoxy groups -OCH3 is 1. The minimum absolute atomic E-state index is 0.0107. The van der Waals surface area contributed by atoms with Crippen LogP contribution >= 0.6 is 0 Å². The van der Waals surface area contributed by atoms with Crippen LogP contribution in [0, 0.1) is 11.3 Å². The molecule has 52 heavy (non-hydrogen) atoms. The van der Waals surface area contributed by atoms with Gasteiger partial charge in [-0.25, -0.2) is 13.7 Å². The Hall–Kier alpha value is -4.11. The highest BCUT2D eigenvalue weighted by molar-refractivity contribution is 7.85. The summed E-state index contributed by atoms with van der Waals surface area (Å²) in [5, 5.41) is 7.21. The number of fused-ring (bicyclic) bond motifs is 1. The fraction of sp³-hybridized carbons (Fsp3) is 0.622. The van der Waals surface area contributed by atoms with Crippen molar-refractivity contribution in [2.45, 2.75) is 122 Å². The first kappa shape index (κ1) is 39.1. The molecule has 14 nitrogen and oxygen atoms in total. The Labute approximate surface area is 305 Å². The summed E-state index contributed by atoms with van der Waals surface area (Å²) in [4.78, 5) is 56.7. The molecule has 5 rings (SSSR count). The van der Waals surface area contributed by atoms with E-state index in [1.807, 2.05) is 42.0 Å². The van der Waals surface area contributed by atoms with E-state index in [9.17, 15) is 27.6 Å². The van der Waals surface area contributed by atoms with Crippen molar-refractivity contribution in [3.63, 3.8) is 0 Å². The average Bonchev–Trinajstić information content (AvgIpc) is 3.90. The highest BCUT2D eigenvalue weighted by Gasteiger charge is 2.62. The number of benzene rings is 2. The van der Waals surface area contributed by atoms with Crippen LogP contribution in [0.15, 0.2) is 36.4 Å². The third-order valence-corrected chi connectivity index (χ3v) is 10.9. The van der Waals surface area contributed by atoms with Gasteiger partial charge in [0, 0.05) is 11.8 Å². The second-order valence-electron chi connectivity index (χ2n) is 16.5. The van der Waals surface area contributed by atoms with Crippen molar-refractivity contribution < 1.29 is 46.0 Å². The molecule has 3 aliphatic rings. The molecule has 286 valence electrons. The van der Waals surface area contributed by atoms with E-state index >= 15 is 0 Å². The van der Waals surface area contributed by atoms with Gasteiger partial charge in [0.15, 0.2) is 0 Å². The zero-order valence-corrected chi connectivity index (χ0v) is 32.3. The maximum Gasteiger partial charge on any atom is 0.408 e. The Balaban J connectivity index is 1.43. The summed E-state index contributed by atoms with van der Waals surface area (Å²) in [5.41, 5.74) is -4.01. The van der Waals surface area contributed by atoms with Crippen molar-refractivity contribution >= 4 is 44.9 Å². The lowest BCUT2D eigenvalue weighted by atomic mass is 9.85. The first-order valence-corrected chi connectivity index (χ1v) is 19.1. The number of amides is 4. The zero-order valence-electron chi connectivity index (χ0n) is 31.5. The van der Waals surface area contributed by atoms with Crippen LogP contribution in [0.4, 0.5) is 4.79 Å². The number of carbonyl (C=O) groups is 4. The summed E-state index contributed by atoms with van der Waals surface area (Å²) < 4.78 is 50.0. The molecule has 1 saturated heterocycles. The van der Waals surface area contributed by atoms with E-state index in [0.717, 1.165) is 10.8 Å². The maximum atomic E-state index is 14.5. The Bertz CT molecular complexity index is 1830. The molecule has 5 atom stereocenters. The molecule has 3 fully saturated rings. The van der Waals surface area contributed by atoms with E-state index in [1.54, 1.807) is 61.6 Å². The molecule has 0 radical (unpaired) electrons. The number of rotatable bonds is 12. The van der Waals surface area contributed by atoms with Gasteiger partial charge >= 0.3 is 16.4 Å². The van der Waals surface area contributed by atoms with E-state index in [2.05, 4.69) is 10.6 Å². The lowest BCUT2D eigenvalue weighted by Crippen LogP contribution is -2.60. The van der Waals surface area contributed by atoms with Crippen molar-refractivity contribution in [3.8, 4) is 11.5 Å². The van der Waals surface area contributed by atoms with Crippen LogP contribution in [-0.2, 0) is 33.6 Å². The standard InChI is InChI=1S/C37H52N4O10S/c1-10-23-20-37(23,32(44)40-52(46,47)51-36(8)16-17-36)39-30(42)27-19-25(49-28-13-11-12-22-18-24(48-9)14-15-26(22)28)21-41(27)31(43)29(34(2,3)4)38-33(45)50-35(5,6)7/h11-15,18,23,25,27,29H,10,16-17,19-21H2,1-9H3,(H,38,45)(H,39,42)(H,40,44)/t23-,25-,27+,29-,37-/m1/s1. The second kappa shape index (κ2) is 14.0. The molecule has 2 aliphatic carbocycles. The summed E-state index contributed by atoms with van der Waals surface area (Å²) in [7, 11) is -2.86. The molecular formula is C37H52N4O10S. The topological polar surface area (TPSA) is 179 Å². The third-order valence-electron chi connectivity index (χ3n) is 9.80. The molecule has 1 aliphatic heterocycles. The maximum absolute atomic E-state index is 14.5. The summed E-state index contributed by atoms with van der Waals surface area (Å²) in [6.07, 6.45) is 0.392.